The van der Waals surface area contributed by atoms with Crippen LogP contribution in [0.4, 0.5) is 9.59 Å². The van der Waals surface area contributed by atoms with E-state index in [2.05, 4.69) is 86.0 Å². The van der Waals surface area contributed by atoms with Crippen molar-refractivity contribution in [3.63, 3.8) is 0 Å². The fourth-order valence-corrected chi connectivity index (χ4v) is 8.67. The van der Waals surface area contributed by atoms with E-state index in [0.717, 1.165) is 75.9 Å². The number of alkyl carbamates (subject to hydrolysis) is 2. The van der Waals surface area contributed by atoms with E-state index >= 15 is 0 Å². The SMILES string of the molecule is COC(=O)NCC(C)CC(=O)N1CCCC1c1ncc(-c2ccc3cc(-c4ccc(-c5cnc(C6CCCN6C(=O)C(NC(=O)OC)c6cccc(OC)c6)[nH]5)cc4)ccc3c2)[nH]1. The van der Waals surface area contributed by atoms with E-state index in [-0.39, 0.29) is 29.8 Å². The number of aromatic nitrogens is 4. The Morgan fingerprint density at radius 1 is 0.714 bits per heavy atom. The van der Waals surface area contributed by atoms with Crippen molar-refractivity contribution >= 4 is 34.8 Å². The normalized spacial score (nSPS) is 17.0. The summed E-state index contributed by atoms with van der Waals surface area (Å²) in [7, 11) is 4.15. The third-order valence-corrected chi connectivity index (χ3v) is 12.0. The first-order valence-electron chi connectivity index (χ1n) is 21.3. The molecule has 4 N–H and O–H groups in total. The lowest BCUT2D eigenvalue weighted by Gasteiger charge is -2.28. The predicted octanol–water partition coefficient (Wildman–Crippen LogP) is 8.10. The molecule has 15 nitrogen and oxygen atoms in total. The maximum Gasteiger partial charge on any atom is 0.407 e. The van der Waals surface area contributed by atoms with Crippen LogP contribution in [0.15, 0.2) is 97.3 Å². The first kappa shape index (κ1) is 42.5. The lowest BCUT2D eigenvalue weighted by Crippen LogP contribution is -2.42. The number of fused-ring (bicyclic) bond motifs is 1. The van der Waals surface area contributed by atoms with Gasteiger partial charge in [-0.2, -0.15) is 0 Å². The van der Waals surface area contributed by atoms with Crippen LogP contribution >= 0.6 is 0 Å². The van der Waals surface area contributed by atoms with Crippen molar-refractivity contribution in [2.45, 2.75) is 57.2 Å². The number of methoxy groups -OCH3 is 3. The predicted molar refractivity (Wildman–Crippen MR) is 237 cm³/mol. The number of H-pyrrole nitrogens is 2. The minimum Gasteiger partial charge on any atom is -0.497 e. The number of imidazole rings is 2. The smallest absolute Gasteiger partial charge is 0.407 e. The van der Waals surface area contributed by atoms with E-state index in [0.29, 0.717) is 43.2 Å². The van der Waals surface area contributed by atoms with Crippen molar-refractivity contribution in [3.05, 3.63) is 115 Å². The molecule has 0 bridgehead atoms. The molecular weight excluding hydrogens is 801 g/mol. The van der Waals surface area contributed by atoms with E-state index < -0.39 is 18.2 Å². The van der Waals surface area contributed by atoms with Crippen LogP contribution in [0, 0.1) is 5.92 Å². The second-order valence-corrected chi connectivity index (χ2v) is 16.2. The second-order valence-electron chi connectivity index (χ2n) is 16.2. The molecule has 2 aliphatic heterocycles. The molecule has 2 aromatic heterocycles. The molecule has 63 heavy (non-hydrogen) atoms. The highest BCUT2D eigenvalue weighted by Crippen LogP contribution is 2.36. The number of benzene rings is 4. The number of hydrogen-bond donors (Lipinski definition) is 4. The zero-order valence-corrected chi connectivity index (χ0v) is 35.9. The molecule has 2 aliphatic rings. The molecule has 8 rings (SSSR count). The van der Waals surface area contributed by atoms with Crippen LogP contribution in [-0.4, -0.2) is 94.7 Å². The number of ether oxygens (including phenoxy) is 3. The molecule has 15 heteroatoms. The number of likely N-dealkylation sites (tertiary alicyclic amines) is 2. The Kier molecular flexibility index (Phi) is 12.7. The second kappa shape index (κ2) is 18.8. The van der Waals surface area contributed by atoms with Gasteiger partial charge in [-0.3, -0.25) is 9.59 Å². The lowest BCUT2D eigenvalue weighted by atomic mass is 9.98. The molecule has 0 saturated carbocycles. The van der Waals surface area contributed by atoms with Gasteiger partial charge < -0.3 is 44.6 Å². The number of amides is 4. The maximum absolute atomic E-state index is 14.1. The van der Waals surface area contributed by atoms with Gasteiger partial charge in [0.05, 0.1) is 57.2 Å². The summed E-state index contributed by atoms with van der Waals surface area (Å²) >= 11 is 0. The molecule has 2 fully saturated rings. The van der Waals surface area contributed by atoms with Crippen molar-refractivity contribution in [2.24, 2.45) is 5.92 Å². The first-order valence-corrected chi connectivity index (χ1v) is 21.3. The summed E-state index contributed by atoms with van der Waals surface area (Å²) in [6, 6.07) is 26.8. The molecule has 4 atom stereocenters. The average Bonchev–Trinajstić information content (AvgIpc) is 4.17. The fraction of sp³-hybridized carbons (Fsp3) is 0.333. The van der Waals surface area contributed by atoms with E-state index in [4.69, 9.17) is 19.4 Å². The third-order valence-electron chi connectivity index (χ3n) is 12.0. The Balaban J connectivity index is 0.923. The van der Waals surface area contributed by atoms with Gasteiger partial charge in [0.25, 0.3) is 5.91 Å². The highest BCUT2D eigenvalue weighted by atomic mass is 16.5. The van der Waals surface area contributed by atoms with E-state index in [1.165, 1.54) is 14.2 Å². The summed E-state index contributed by atoms with van der Waals surface area (Å²) in [5.41, 5.74) is 6.46. The molecule has 4 unspecified atom stereocenters. The van der Waals surface area contributed by atoms with Gasteiger partial charge in [0.1, 0.15) is 23.4 Å². The number of carbonyl (C=O) groups excluding carboxylic acids is 4. The van der Waals surface area contributed by atoms with Gasteiger partial charge in [-0.05, 0) is 88.9 Å². The molecule has 4 aromatic carbocycles. The van der Waals surface area contributed by atoms with Crippen molar-refractivity contribution in [1.29, 1.82) is 0 Å². The lowest BCUT2D eigenvalue weighted by molar-refractivity contribution is -0.135. The van der Waals surface area contributed by atoms with E-state index in [1.807, 2.05) is 18.0 Å². The summed E-state index contributed by atoms with van der Waals surface area (Å²) in [6.45, 7) is 3.51. The number of aromatic amines is 2. The molecule has 0 aliphatic carbocycles. The summed E-state index contributed by atoms with van der Waals surface area (Å²) in [5, 5.41) is 7.58. The summed E-state index contributed by atoms with van der Waals surface area (Å²) < 4.78 is 14.9. The van der Waals surface area contributed by atoms with Gasteiger partial charge in [0.15, 0.2) is 0 Å². The Bertz CT molecular complexity index is 2600. The molecule has 4 heterocycles. The van der Waals surface area contributed by atoms with Crippen LogP contribution in [0.25, 0.3) is 44.4 Å². The molecule has 0 spiro atoms. The monoisotopic (exact) mass is 852 g/mol. The van der Waals surface area contributed by atoms with Crippen LogP contribution in [0.3, 0.4) is 0 Å². The van der Waals surface area contributed by atoms with Gasteiger partial charge >= 0.3 is 12.2 Å². The number of carbonyl (C=O) groups is 4. The highest BCUT2D eigenvalue weighted by molar-refractivity contribution is 5.91. The van der Waals surface area contributed by atoms with Gasteiger partial charge in [-0.25, -0.2) is 19.6 Å². The van der Waals surface area contributed by atoms with Crippen LogP contribution < -0.4 is 15.4 Å². The van der Waals surface area contributed by atoms with Crippen LogP contribution in [0.5, 0.6) is 5.75 Å². The molecule has 4 amide bonds. The molecule has 2 saturated heterocycles. The topological polar surface area (TPSA) is 184 Å². The van der Waals surface area contributed by atoms with Crippen molar-refractivity contribution in [3.8, 4) is 39.4 Å². The quantitative estimate of drug-likeness (QED) is 0.0892. The van der Waals surface area contributed by atoms with Gasteiger partial charge in [-0.1, -0.05) is 67.6 Å². The van der Waals surface area contributed by atoms with Gasteiger partial charge in [0.2, 0.25) is 5.91 Å². The molecule has 326 valence electrons. The molecule has 6 aromatic rings. The summed E-state index contributed by atoms with van der Waals surface area (Å²) in [6.07, 6.45) is 6.04. The van der Waals surface area contributed by atoms with Gasteiger partial charge in [0, 0.05) is 31.6 Å². The van der Waals surface area contributed by atoms with Gasteiger partial charge in [-0.15, -0.1) is 0 Å². The van der Waals surface area contributed by atoms with E-state index in [1.54, 1.807) is 42.5 Å². The van der Waals surface area contributed by atoms with E-state index in [9.17, 15) is 19.2 Å². The van der Waals surface area contributed by atoms with Crippen LogP contribution in [0.1, 0.15) is 74.4 Å². The van der Waals surface area contributed by atoms with Crippen molar-refractivity contribution < 1.29 is 33.4 Å². The molecule has 0 radical (unpaired) electrons. The largest absolute Gasteiger partial charge is 0.497 e. The minimum absolute atomic E-state index is 0.0276. The maximum atomic E-state index is 14.1. The zero-order chi connectivity index (χ0) is 44.0. The third kappa shape index (κ3) is 9.37. The standard InChI is InChI=1S/C48H52N8O7/c1-29(26-51-47(59)62-3)22-42(57)55-20-6-10-40(55)44-50-28-39(53-44)35-19-18-33-23-32(16-17-34(33)24-35)30-12-14-31(15-13-30)38-27-49-45(52-38)41-11-7-21-56(41)46(58)43(54-48(60)63-4)36-8-5-9-37(25-36)61-2/h5,8-9,12-19,23-25,27-29,40-41,43H,6-7,10-11,20-22,26H2,1-4H3,(H,49,52)(H,50,53)(H,51,59)(H,54,60). The Morgan fingerprint density at radius 3 is 1.97 bits per heavy atom. The number of hydrogen-bond acceptors (Lipinski definition) is 9. The molecular formula is C48H52N8O7. The van der Waals surface area contributed by atoms with Crippen molar-refractivity contribution in [1.82, 2.24) is 40.4 Å². The average molecular weight is 853 g/mol. The first-order chi connectivity index (χ1) is 30.6. The number of nitrogens with one attached hydrogen (secondary N) is 4. The van der Waals surface area contributed by atoms with Crippen LogP contribution in [0.2, 0.25) is 0 Å². The number of nitrogens with zero attached hydrogens (tertiary/aromatic N) is 4. The van der Waals surface area contributed by atoms with Crippen molar-refractivity contribution in [2.75, 3.05) is 41.0 Å². The highest BCUT2D eigenvalue weighted by Gasteiger charge is 2.37. The number of rotatable bonds is 13. The fourth-order valence-electron chi connectivity index (χ4n) is 8.67. The Hall–Kier alpha value is -7.16. The zero-order valence-electron chi connectivity index (χ0n) is 35.9. The Labute approximate surface area is 365 Å². The minimum atomic E-state index is -0.962. The van der Waals surface area contributed by atoms with Crippen LogP contribution in [-0.2, 0) is 19.1 Å². The summed E-state index contributed by atoms with van der Waals surface area (Å²) in [5.74, 6) is 1.81. The summed E-state index contributed by atoms with van der Waals surface area (Å²) in [4.78, 5) is 71.2. The Morgan fingerprint density at radius 2 is 1.30 bits per heavy atom.